The molecule has 0 saturated carbocycles. The summed E-state index contributed by atoms with van der Waals surface area (Å²) in [5.41, 5.74) is 0.992. The molecule has 1 heterocycles. The molecule has 9 heteroatoms. The summed E-state index contributed by atoms with van der Waals surface area (Å²) in [6.45, 7) is 0. The maximum atomic E-state index is 13.4. The monoisotopic (exact) mass is 390 g/mol. The van der Waals surface area contributed by atoms with Crippen LogP contribution in [0.5, 0.6) is 0 Å². The second-order valence-electron chi connectivity index (χ2n) is 6.32. The lowest BCUT2D eigenvalue weighted by Crippen LogP contribution is -2.23. The highest BCUT2D eigenvalue weighted by molar-refractivity contribution is 5.67. The number of hydrogen-bond acceptors (Lipinski definition) is 5. The van der Waals surface area contributed by atoms with Crippen LogP contribution in [-0.2, 0) is 0 Å². The largest absolute Gasteiger partial charge is 0.338 e. The number of imidazole rings is 1. The molecule has 1 aliphatic carbocycles. The van der Waals surface area contributed by atoms with Crippen molar-refractivity contribution >= 4 is 23.5 Å². The maximum absolute atomic E-state index is 13.4. The molecule has 1 aromatic heterocycles. The van der Waals surface area contributed by atoms with Crippen LogP contribution in [-0.4, -0.2) is 19.0 Å². The van der Waals surface area contributed by atoms with Crippen molar-refractivity contribution < 1.29 is 9.85 Å². The molecule has 9 nitrogen and oxygen atoms in total. The van der Waals surface area contributed by atoms with E-state index in [4.69, 9.17) is 0 Å². The Hall–Kier alpha value is -4.27. The Morgan fingerprint density at radius 3 is 1.62 bits per heavy atom. The van der Waals surface area contributed by atoms with Gasteiger partial charge < -0.3 is 0 Å². The number of nitro groups is 2. The Balaban J connectivity index is 2.03. The van der Waals surface area contributed by atoms with E-state index in [2.05, 4.69) is 0 Å². The topological polar surface area (TPSA) is 113 Å². The van der Waals surface area contributed by atoms with Crippen LogP contribution in [0, 0.1) is 20.2 Å². The molecule has 2 aromatic carbocycles. The van der Waals surface area contributed by atoms with Crippen molar-refractivity contribution in [1.29, 1.82) is 0 Å². The minimum Gasteiger partial charge on any atom is -0.260 e. The summed E-state index contributed by atoms with van der Waals surface area (Å²) in [6, 6.07) is 11.6. The quantitative estimate of drug-likeness (QED) is 0.495. The molecule has 144 valence electrons. The molecule has 0 unspecified atom stereocenters. The normalized spacial score (nSPS) is 12.4. The van der Waals surface area contributed by atoms with Gasteiger partial charge in [-0.25, -0.2) is 4.79 Å². The van der Waals surface area contributed by atoms with Crippen LogP contribution < -0.4 is 5.69 Å². The molecule has 0 atom stereocenters. The van der Waals surface area contributed by atoms with Crippen LogP contribution in [0.25, 0.3) is 23.5 Å². The summed E-state index contributed by atoms with van der Waals surface area (Å²) in [5.74, 6) is 0. The Labute approximate surface area is 163 Å². The van der Waals surface area contributed by atoms with Gasteiger partial charge in [-0.15, -0.1) is 0 Å². The molecule has 0 aliphatic heterocycles. The third-order valence-corrected chi connectivity index (χ3v) is 4.55. The third-order valence-electron chi connectivity index (χ3n) is 4.55. The van der Waals surface area contributed by atoms with Gasteiger partial charge in [0.05, 0.1) is 32.6 Å². The highest BCUT2D eigenvalue weighted by Gasteiger charge is 2.22. The fourth-order valence-corrected chi connectivity index (χ4v) is 3.28. The number of fused-ring (bicyclic) bond motifs is 1. The van der Waals surface area contributed by atoms with Crippen molar-refractivity contribution in [2.24, 2.45) is 0 Å². The van der Waals surface area contributed by atoms with Crippen molar-refractivity contribution in [3.8, 4) is 11.4 Å². The number of hydrogen-bond donors (Lipinski definition) is 0. The summed E-state index contributed by atoms with van der Waals surface area (Å²) >= 11 is 0. The van der Waals surface area contributed by atoms with Gasteiger partial charge in [-0.3, -0.25) is 29.4 Å². The number of aromatic nitrogens is 2. The number of allylic oxidation sites excluding steroid dienone is 2. The molecule has 0 N–H and O–H groups in total. The van der Waals surface area contributed by atoms with Gasteiger partial charge in [-0.05, 0) is 30.7 Å². The van der Waals surface area contributed by atoms with Crippen LogP contribution in [0.3, 0.4) is 0 Å². The maximum Gasteiger partial charge on any atom is 0.338 e. The van der Waals surface area contributed by atoms with E-state index in [-0.39, 0.29) is 11.4 Å². The molecule has 0 amide bonds. The zero-order valence-electron chi connectivity index (χ0n) is 15.0. The molecular formula is C20H14N4O5. The fraction of sp³-hybridized carbons (Fsp3) is 0.0500. The predicted molar refractivity (Wildman–Crippen MR) is 107 cm³/mol. The van der Waals surface area contributed by atoms with E-state index in [1.165, 1.54) is 45.5 Å². The SMILES string of the molecule is O=c1n(-c2cccc([N+](=O)[O-])c2)c2c(n1-c1cccc([N+](=O)[O-])c1)C=CCC=C2. The highest BCUT2D eigenvalue weighted by atomic mass is 16.6. The fourth-order valence-electron chi connectivity index (χ4n) is 3.28. The molecule has 0 radical (unpaired) electrons. The molecule has 0 bridgehead atoms. The molecular weight excluding hydrogens is 376 g/mol. The second kappa shape index (κ2) is 7.04. The van der Waals surface area contributed by atoms with Gasteiger partial charge in [0, 0.05) is 24.3 Å². The first kappa shape index (κ1) is 18.1. The average Bonchev–Trinajstić information content (AvgIpc) is 2.84. The van der Waals surface area contributed by atoms with E-state index in [1.807, 2.05) is 12.2 Å². The van der Waals surface area contributed by atoms with E-state index < -0.39 is 15.5 Å². The average molecular weight is 390 g/mol. The minimum absolute atomic E-state index is 0.139. The molecule has 4 rings (SSSR count). The predicted octanol–water partition coefficient (Wildman–Crippen LogP) is 3.87. The van der Waals surface area contributed by atoms with Crippen LogP contribution >= 0.6 is 0 Å². The lowest BCUT2D eigenvalue weighted by Gasteiger charge is -2.04. The van der Waals surface area contributed by atoms with E-state index in [0.29, 0.717) is 29.2 Å². The van der Waals surface area contributed by atoms with Gasteiger partial charge in [0.2, 0.25) is 0 Å². The first-order valence-corrected chi connectivity index (χ1v) is 8.68. The summed E-state index contributed by atoms with van der Waals surface area (Å²) in [7, 11) is 0. The molecule has 29 heavy (non-hydrogen) atoms. The van der Waals surface area contributed by atoms with Gasteiger partial charge in [0.1, 0.15) is 0 Å². The summed E-state index contributed by atoms with van der Waals surface area (Å²) in [5, 5.41) is 22.3. The summed E-state index contributed by atoms with van der Waals surface area (Å²) in [6.07, 6.45) is 7.92. The minimum atomic E-state index is -0.527. The third kappa shape index (κ3) is 3.14. The van der Waals surface area contributed by atoms with Crippen molar-refractivity contribution in [2.75, 3.05) is 0 Å². The number of benzene rings is 2. The lowest BCUT2D eigenvalue weighted by atomic mass is 10.2. The Kier molecular flexibility index (Phi) is 4.40. The van der Waals surface area contributed by atoms with Crippen molar-refractivity contribution in [3.05, 3.63) is 103 Å². The first-order chi connectivity index (χ1) is 14.0. The van der Waals surface area contributed by atoms with Crippen molar-refractivity contribution in [1.82, 2.24) is 9.13 Å². The van der Waals surface area contributed by atoms with E-state index in [1.54, 1.807) is 24.3 Å². The van der Waals surface area contributed by atoms with Gasteiger partial charge in [-0.1, -0.05) is 24.3 Å². The van der Waals surface area contributed by atoms with Crippen LogP contribution in [0.1, 0.15) is 17.8 Å². The Morgan fingerprint density at radius 2 is 1.21 bits per heavy atom. The first-order valence-electron chi connectivity index (χ1n) is 8.68. The van der Waals surface area contributed by atoms with Gasteiger partial charge >= 0.3 is 5.69 Å². The van der Waals surface area contributed by atoms with Crippen LogP contribution in [0.4, 0.5) is 11.4 Å². The summed E-state index contributed by atoms with van der Waals surface area (Å²) < 4.78 is 2.74. The van der Waals surface area contributed by atoms with Crippen LogP contribution in [0.15, 0.2) is 65.5 Å². The smallest absolute Gasteiger partial charge is 0.260 e. The second-order valence-corrected chi connectivity index (χ2v) is 6.32. The number of rotatable bonds is 4. The molecule has 3 aromatic rings. The zero-order chi connectivity index (χ0) is 20.5. The summed E-state index contributed by atoms with van der Waals surface area (Å²) in [4.78, 5) is 34.6. The molecule has 0 spiro atoms. The molecule has 1 aliphatic rings. The molecule has 0 saturated heterocycles. The number of nitrogens with zero attached hydrogens (tertiary/aromatic N) is 4. The van der Waals surface area contributed by atoms with E-state index in [0.717, 1.165) is 0 Å². The van der Waals surface area contributed by atoms with E-state index in [9.17, 15) is 25.0 Å². The lowest BCUT2D eigenvalue weighted by molar-refractivity contribution is -0.385. The van der Waals surface area contributed by atoms with Crippen molar-refractivity contribution in [2.45, 2.75) is 6.42 Å². The van der Waals surface area contributed by atoms with Gasteiger partial charge in [-0.2, -0.15) is 0 Å². The Morgan fingerprint density at radius 1 is 0.759 bits per heavy atom. The van der Waals surface area contributed by atoms with E-state index >= 15 is 0 Å². The van der Waals surface area contributed by atoms with Crippen LogP contribution in [0.2, 0.25) is 0 Å². The van der Waals surface area contributed by atoms with Gasteiger partial charge in [0.15, 0.2) is 0 Å². The molecule has 0 fully saturated rings. The number of nitro benzene ring substituents is 2. The van der Waals surface area contributed by atoms with Crippen molar-refractivity contribution in [3.63, 3.8) is 0 Å². The number of non-ortho nitro benzene ring substituents is 2. The van der Waals surface area contributed by atoms with Gasteiger partial charge in [0.25, 0.3) is 11.4 Å². The highest BCUT2D eigenvalue weighted by Crippen LogP contribution is 2.26. The standard InChI is InChI=1S/C20H14N4O5/c25-20-21(14-6-4-8-16(12-14)23(26)27)18-10-2-1-3-11-19(18)22(20)15-7-5-9-17(13-15)24(28)29/h2-13H,1H2. The Bertz CT molecular complexity index is 1170. The zero-order valence-corrected chi connectivity index (χ0v) is 15.0.